The average molecular weight is 354 g/mol. The smallest absolute Gasteiger partial charge is 0.408 e. The van der Waals surface area contributed by atoms with E-state index < -0.39 is 0 Å². The molecular formula is C17H24BrNO2. The Kier molecular flexibility index (Phi) is 6.09. The zero-order valence-electron chi connectivity index (χ0n) is 12.9. The molecule has 1 heterocycles. The molecule has 0 radical (unpaired) electrons. The van der Waals surface area contributed by atoms with Gasteiger partial charge in [-0.2, -0.15) is 0 Å². The number of rotatable bonds is 8. The molecule has 3 nitrogen and oxygen atoms in total. The summed E-state index contributed by atoms with van der Waals surface area (Å²) >= 11 is 3.75. The monoisotopic (exact) mass is 353 g/mol. The SMILES string of the molecule is CCCCCCCCC(Br)c1ccc2c(c1)oc(=O)n2C. The molecule has 0 spiro atoms. The summed E-state index contributed by atoms with van der Waals surface area (Å²) in [6.45, 7) is 2.24. The van der Waals surface area contributed by atoms with Crippen LogP contribution >= 0.6 is 15.9 Å². The quantitative estimate of drug-likeness (QED) is 0.475. The predicted molar refractivity (Wildman–Crippen MR) is 91.1 cm³/mol. The second kappa shape index (κ2) is 7.83. The lowest BCUT2D eigenvalue weighted by Crippen LogP contribution is -2.08. The standard InChI is InChI=1S/C17H24BrNO2/c1-3-4-5-6-7-8-9-14(18)13-10-11-15-16(12-13)21-17(20)19(15)2/h10-12,14H,3-9H2,1-2H3. The van der Waals surface area contributed by atoms with Crippen molar-refractivity contribution in [2.24, 2.45) is 7.05 Å². The van der Waals surface area contributed by atoms with E-state index in [-0.39, 0.29) is 5.76 Å². The minimum absolute atomic E-state index is 0.302. The van der Waals surface area contributed by atoms with Crippen LogP contribution in [0.4, 0.5) is 0 Å². The van der Waals surface area contributed by atoms with Crippen molar-refractivity contribution in [3.05, 3.63) is 34.3 Å². The second-order valence-electron chi connectivity index (χ2n) is 5.68. The highest BCUT2D eigenvalue weighted by atomic mass is 79.9. The van der Waals surface area contributed by atoms with Gasteiger partial charge in [-0.25, -0.2) is 4.79 Å². The molecular weight excluding hydrogens is 330 g/mol. The third kappa shape index (κ3) is 4.22. The highest BCUT2D eigenvalue weighted by Gasteiger charge is 2.11. The summed E-state index contributed by atoms with van der Waals surface area (Å²) in [6.07, 6.45) is 8.98. The summed E-state index contributed by atoms with van der Waals surface area (Å²) < 4.78 is 6.78. The third-order valence-corrected chi connectivity index (χ3v) is 4.98. The highest BCUT2D eigenvalue weighted by molar-refractivity contribution is 9.09. The van der Waals surface area contributed by atoms with Gasteiger partial charge in [0.2, 0.25) is 0 Å². The van der Waals surface area contributed by atoms with Crippen LogP contribution in [-0.2, 0) is 7.05 Å². The first-order chi connectivity index (χ1) is 10.1. The van der Waals surface area contributed by atoms with Gasteiger partial charge in [0.05, 0.1) is 5.52 Å². The summed E-state index contributed by atoms with van der Waals surface area (Å²) in [7, 11) is 1.73. The van der Waals surface area contributed by atoms with Gasteiger partial charge < -0.3 is 4.42 Å². The zero-order chi connectivity index (χ0) is 15.2. The highest BCUT2D eigenvalue weighted by Crippen LogP contribution is 2.30. The number of aryl methyl sites for hydroxylation is 1. The molecule has 0 N–H and O–H groups in total. The van der Waals surface area contributed by atoms with Gasteiger partial charge in [0.15, 0.2) is 5.58 Å². The normalized spacial score (nSPS) is 12.9. The van der Waals surface area contributed by atoms with E-state index in [4.69, 9.17) is 4.42 Å². The number of alkyl halides is 1. The van der Waals surface area contributed by atoms with Crippen molar-refractivity contribution in [3.8, 4) is 0 Å². The maximum absolute atomic E-state index is 11.5. The molecule has 0 aliphatic carbocycles. The fraction of sp³-hybridized carbons (Fsp3) is 0.588. The molecule has 2 rings (SSSR count). The van der Waals surface area contributed by atoms with E-state index in [1.165, 1.54) is 48.7 Å². The molecule has 21 heavy (non-hydrogen) atoms. The number of aromatic nitrogens is 1. The van der Waals surface area contributed by atoms with Crippen molar-refractivity contribution >= 4 is 27.0 Å². The molecule has 0 aliphatic heterocycles. The van der Waals surface area contributed by atoms with Gasteiger partial charge in [-0.05, 0) is 24.1 Å². The Morgan fingerprint density at radius 3 is 2.67 bits per heavy atom. The minimum atomic E-state index is -0.302. The maximum atomic E-state index is 11.5. The van der Waals surface area contributed by atoms with Crippen LogP contribution in [-0.4, -0.2) is 4.57 Å². The fourth-order valence-corrected chi connectivity index (χ4v) is 3.22. The van der Waals surface area contributed by atoms with Gasteiger partial charge in [0, 0.05) is 11.9 Å². The van der Waals surface area contributed by atoms with E-state index in [0.717, 1.165) is 11.9 Å². The lowest BCUT2D eigenvalue weighted by atomic mass is 10.0. The van der Waals surface area contributed by atoms with Crippen LogP contribution < -0.4 is 5.76 Å². The van der Waals surface area contributed by atoms with Crippen LogP contribution in [0, 0.1) is 0 Å². The molecule has 1 atom stereocenters. The van der Waals surface area contributed by atoms with Gasteiger partial charge in [0.1, 0.15) is 0 Å². The molecule has 1 aromatic heterocycles. The van der Waals surface area contributed by atoms with Crippen molar-refractivity contribution in [2.75, 3.05) is 0 Å². The minimum Gasteiger partial charge on any atom is -0.408 e. The van der Waals surface area contributed by atoms with Crippen LogP contribution in [0.1, 0.15) is 62.3 Å². The number of oxazole rings is 1. The molecule has 0 fully saturated rings. The van der Waals surface area contributed by atoms with Crippen molar-refractivity contribution in [2.45, 2.75) is 56.7 Å². The molecule has 116 valence electrons. The lowest BCUT2D eigenvalue weighted by molar-refractivity contribution is 0.527. The molecule has 2 aromatic rings. The van der Waals surface area contributed by atoms with Crippen LogP contribution in [0.2, 0.25) is 0 Å². The van der Waals surface area contributed by atoms with Gasteiger partial charge in [-0.15, -0.1) is 0 Å². The molecule has 0 saturated carbocycles. The number of hydrogen-bond donors (Lipinski definition) is 0. The van der Waals surface area contributed by atoms with Gasteiger partial charge >= 0.3 is 5.76 Å². The molecule has 0 saturated heterocycles. The van der Waals surface area contributed by atoms with E-state index in [0.29, 0.717) is 10.4 Å². The number of halogens is 1. The van der Waals surface area contributed by atoms with Crippen LogP contribution in [0.5, 0.6) is 0 Å². The lowest BCUT2D eigenvalue weighted by Gasteiger charge is -2.10. The topological polar surface area (TPSA) is 35.1 Å². The van der Waals surface area contributed by atoms with E-state index in [1.807, 2.05) is 12.1 Å². The summed E-state index contributed by atoms with van der Waals surface area (Å²) in [6, 6.07) is 6.02. The van der Waals surface area contributed by atoms with Crippen LogP contribution in [0.15, 0.2) is 27.4 Å². The third-order valence-electron chi connectivity index (χ3n) is 3.99. The number of unbranched alkanes of at least 4 members (excludes halogenated alkanes) is 5. The Balaban J connectivity index is 1.90. The zero-order valence-corrected chi connectivity index (χ0v) is 14.5. The summed E-state index contributed by atoms with van der Waals surface area (Å²) in [5.74, 6) is -0.302. The number of benzene rings is 1. The van der Waals surface area contributed by atoms with Crippen molar-refractivity contribution in [1.82, 2.24) is 4.57 Å². The Bertz CT molecular complexity index is 629. The van der Waals surface area contributed by atoms with E-state index in [1.54, 1.807) is 7.05 Å². The fourth-order valence-electron chi connectivity index (χ4n) is 2.62. The molecule has 0 amide bonds. The van der Waals surface area contributed by atoms with E-state index in [2.05, 4.69) is 28.9 Å². The Morgan fingerprint density at radius 1 is 1.19 bits per heavy atom. The van der Waals surface area contributed by atoms with Gasteiger partial charge in [0.25, 0.3) is 0 Å². The molecule has 1 aromatic carbocycles. The molecule has 4 heteroatoms. The van der Waals surface area contributed by atoms with Crippen molar-refractivity contribution in [1.29, 1.82) is 0 Å². The van der Waals surface area contributed by atoms with Crippen LogP contribution in [0.3, 0.4) is 0 Å². The van der Waals surface area contributed by atoms with Crippen molar-refractivity contribution < 1.29 is 4.42 Å². The summed E-state index contributed by atoms with van der Waals surface area (Å²) in [5.41, 5.74) is 2.71. The Labute approximate surface area is 134 Å². The van der Waals surface area contributed by atoms with Gasteiger partial charge in [-0.1, -0.05) is 67.4 Å². The first-order valence-electron chi connectivity index (χ1n) is 7.87. The number of hydrogen-bond acceptors (Lipinski definition) is 2. The van der Waals surface area contributed by atoms with E-state index >= 15 is 0 Å². The predicted octanol–water partition coefficient (Wildman–Crippen LogP) is 5.32. The Morgan fingerprint density at radius 2 is 1.90 bits per heavy atom. The summed E-state index contributed by atoms with van der Waals surface area (Å²) in [4.78, 5) is 11.8. The maximum Gasteiger partial charge on any atom is 0.419 e. The second-order valence-corrected chi connectivity index (χ2v) is 6.78. The summed E-state index contributed by atoms with van der Waals surface area (Å²) in [5, 5.41) is 0. The van der Waals surface area contributed by atoms with E-state index in [9.17, 15) is 4.79 Å². The molecule has 1 unspecified atom stereocenters. The van der Waals surface area contributed by atoms with Crippen molar-refractivity contribution in [3.63, 3.8) is 0 Å². The van der Waals surface area contributed by atoms with Crippen LogP contribution in [0.25, 0.3) is 11.1 Å². The van der Waals surface area contributed by atoms with Gasteiger partial charge in [-0.3, -0.25) is 4.57 Å². The average Bonchev–Trinajstić information content (AvgIpc) is 2.77. The first-order valence-corrected chi connectivity index (χ1v) is 8.78. The molecule has 0 bridgehead atoms. The molecule has 0 aliphatic rings. The Hall–Kier alpha value is -1.03. The number of fused-ring (bicyclic) bond motifs is 1. The number of nitrogens with zero attached hydrogens (tertiary/aromatic N) is 1. The largest absolute Gasteiger partial charge is 0.419 e. The first kappa shape index (κ1) is 16.3.